The first-order chi connectivity index (χ1) is 13.5. The van der Waals surface area contributed by atoms with Gasteiger partial charge in [-0.1, -0.05) is 30.3 Å². The van der Waals surface area contributed by atoms with Crippen molar-refractivity contribution in [3.05, 3.63) is 35.9 Å². The van der Waals surface area contributed by atoms with Crippen molar-refractivity contribution in [2.75, 3.05) is 13.7 Å². The number of nitrogens with two attached hydrogens (primary N) is 1. The maximum atomic E-state index is 12.3. The molecule has 10 nitrogen and oxygen atoms in total. The fourth-order valence-electron chi connectivity index (χ4n) is 2.12. The Morgan fingerprint density at radius 2 is 1.69 bits per heavy atom. The summed E-state index contributed by atoms with van der Waals surface area (Å²) in [6.45, 7) is 4.48. The number of hydrogen-bond acceptors (Lipinski definition) is 8. The van der Waals surface area contributed by atoms with E-state index in [4.69, 9.17) is 15.2 Å². The van der Waals surface area contributed by atoms with Crippen LogP contribution in [0.5, 0.6) is 0 Å². The van der Waals surface area contributed by atoms with E-state index in [0.29, 0.717) is 5.56 Å². The Morgan fingerprint density at radius 1 is 1.07 bits per heavy atom. The molecule has 0 aromatic heterocycles. The summed E-state index contributed by atoms with van der Waals surface area (Å²) in [5, 5.41) is 4.50. The molecule has 0 heterocycles. The lowest BCUT2D eigenvalue weighted by Gasteiger charge is -2.22. The molecule has 0 spiro atoms. The van der Waals surface area contributed by atoms with Crippen LogP contribution in [0, 0.1) is 5.92 Å². The molecule has 0 aliphatic carbocycles. The molecule has 0 saturated heterocycles. The van der Waals surface area contributed by atoms with Crippen LogP contribution in [0.2, 0.25) is 0 Å². The minimum atomic E-state index is -1.57. The molecule has 0 fully saturated rings. The quantitative estimate of drug-likeness (QED) is 0.243. The number of carbonyl (C=O) groups is 4. The van der Waals surface area contributed by atoms with Crippen LogP contribution in [0.15, 0.2) is 30.3 Å². The Labute approximate surface area is 169 Å². The van der Waals surface area contributed by atoms with E-state index < -0.39 is 48.2 Å². The molecule has 0 bridgehead atoms. The lowest BCUT2D eigenvalue weighted by Crippen LogP contribution is -2.54. The van der Waals surface area contributed by atoms with Crippen LogP contribution < -0.4 is 16.4 Å². The molecular formula is C19H27N3O7. The molecule has 0 radical (unpaired) electrons. The van der Waals surface area contributed by atoms with E-state index in [1.165, 1.54) is 0 Å². The van der Waals surface area contributed by atoms with Gasteiger partial charge < -0.3 is 30.6 Å². The van der Waals surface area contributed by atoms with E-state index in [-0.39, 0.29) is 6.61 Å². The SMILES string of the molecule is COC(=O)[C@@H](C(=O)OCc1ccccc1)C(N)NC(=O)CNC(=O)OC(C)(C)C. The van der Waals surface area contributed by atoms with Crippen molar-refractivity contribution >= 4 is 23.9 Å². The van der Waals surface area contributed by atoms with Crippen molar-refractivity contribution in [3.8, 4) is 0 Å². The normalized spacial score (nSPS) is 12.9. The molecule has 29 heavy (non-hydrogen) atoms. The molecule has 160 valence electrons. The summed E-state index contributed by atoms with van der Waals surface area (Å²) >= 11 is 0. The van der Waals surface area contributed by atoms with Gasteiger partial charge in [0.1, 0.15) is 24.9 Å². The highest BCUT2D eigenvalue weighted by Gasteiger charge is 2.36. The molecule has 0 saturated carbocycles. The fourth-order valence-corrected chi connectivity index (χ4v) is 2.12. The molecule has 1 unspecified atom stereocenters. The van der Waals surface area contributed by atoms with Crippen molar-refractivity contribution in [3.63, 3.8) is 0 Å². The third-order valence-corrected chi connectivity index (χ3v) is 3.41. The molecule has 4 N–H and O–H groups in total. The van der Waals surface area contributed by atoms with E-state index in [1.54, 1.807) is 51.1 Å². The molecule has 1 aromatic rings. The number of methoxy groups -OCH3 is 1. The fraction of sp³-hybridized carbons (Fsp3) is 0.474. The van der Waals surface area contributed by atoms with Gasteiger partial charge in [-0.3, -0.25) is 14.4 Å². The minimum Gasteiger partial charge on any atom is -0.468 e. The second-order valence-corrected chi connectivity index (χ2v) is 7.04. The number of amides is 2. The molecule has 0 aliphatic heterocycles. The van der Waals surface area contributed by atoms with Gasteiger partial charge in [-0.25, -0.2) is 4.79 Å². The molecule has 10 heteroatoms. The number of rotatable bonds is 8. The summed E-state index contributed by atoms with van der Waals surface area (Å²) in [7, 11) is 1.08. The average molecular weight is 409 g/mol. The van der Waals surface area contributed by atoms with Gasteiger partial charge >= 0.3 is 18.0 Å². The first kappa shape index (κ1) is 23.9. The molecule has 0 aliphatic rings. The highest BCUT2D eigenvalue weighted by atomic mass is 16.6. The Bertz CT molecular complexity index is 716. The summed E-state index contributed by atoms with van der Waals surface area (Å²) in [6.07, 6.45) is -2.22. The third-order valence-electron chi connectivity index (χ3n) is 3.41. The minimum absolute atomic E-state index is 0.0754. The standard InChI is InChI=1S/C19H27N3O7/c1-19(2,3)29-18(26)21-10-13(23)22-15(20)14(16(24)27-4)17(25)28-11-12-8-6-5-7-9-12/h5-9,14-15H,10-11,20H2,1-4H3,(H,21,26)(H,22,23)/t14-,15?/m0/s1. The third kappa shape index (κ3) is 9.06. The predicted molar refractivity (Wildman–Crippen MR) is 102 cm³/mol. The molecule has 1 aromatic carbocycles. The summed E-state index contributed by atoms with van der Waals surface area (Å²) in [6, 6.07) is 8.82. The summed E-state index contributed by atoms with van der Waals surface area (Å²) < 4.78 is 14.7. The zero-order valence-electron chi connectivity index (χ0n) is 16.9. The molecule has 2 atom stereocenters. The number of carbonyl (C=O) groups excluding carboxylic acids is 4. The number of hydrogen-bond donors (Lipinski definition) is 3. The van der Waals surface area contributed by atoms with Gasteiger partial charge in [-0.15, -0.1) is 0 Å². The van der Waals surface area contributed by atoms with Crippen molar-refractivity contribution in [2.45, 2.75) is 39.1 Å². The van der Waals surface area contributed by atoms with Gasteiger partial charge in [-0.2, -0.15) is 0 Å². The number of benzene rings is 1. The van der Waals surface area contributed by atoms with Gasteiger partial charge in [0.25, 0.3) is 0 Å². The highest BCUT2D eigenvalue weighted by Crippen LogP contribution is 2.09. The predicted octanol–water partition coefficient (Wildman–Crippen LogP) is 0.445. The zero-order valence-corrected chi connectivity index (χ0v) is 16.9. The number of esters is 2. The summed E-state index contributed by atoms with van der Waals surface area (Å²) in [4.78, 5) is 47.8. The van der Waals surface area contributed by atoms with Gasteiger partial charge in [0, 0.05) is 0 Å². The monoisotopic (exact) mass is 409 g/mol. The van der Waals surface area contributed by atoms with Crippen LogP contribution in [-0.2, 0) is 35.2 Å². The van der Waals surface area contributed by atoms with E-state index in [2.05, 4.69) is 15.4 Å². The largest absolute Gasteiger partial charge is 0.468 e. The lowest BCUT2D eigenvalue weighted by molar-refractivity contribution is -0.162. The van der Waals surface area contributed by atoms with Crippen molar-refractivity contribution in [1.82, 2.24) is 10.6 Å². The number of nitrogens with one attached hydrogen (secondary N) is 2. The van der Waals surface area contributed by atoms with E-state index in [0.717, 1.165) is 7.11 Å². The summed E-state index contributed by atoms with van der Waals surface area (Å²) in [5.74, 6) is -4.22. The lowest BCUT2D eigenvalue weighted by atomic mass is 10.1. The van der Waals surface area contributed by atoms with Gasteiger partial charge in [-0.05, 0) is 26.3 Å². The topological polar surface area (TPSA) is 146 Å². The van der Waals surface area contributed by atoms with Crippen LogP contribution in [0.1, 0.15) is 26.3 Å². The Morgan fingerprint density at radius 3 is 2.24 bits per heavy atom. The average Bonchev–Trinajstić information content (AvgIpc) is 2.64. The Kier molecular flexibility index (Phi) is 9.07. The molecular weight excluding hydrogens is 382 g/mol. The van der Waals surface area contributed by atoms with E-state index >= 15 is 0 Å². The zero-order chi connectivity index (χ0) is 22.0. The first-order valence-electron chi connectivity index (χ1n) is 8.83. The Hall–Kier alpha value is -3.14. The van der Waals surface area contributed by atoms with E-state index in [1.807, 2.05) is 0 Å². The van der Waals surface area contributed by atoms with Crippen LogP contribution in [-0.4, -0.2) is 49.4 Å². The maximum Gasteiger partial charge on any atom is 0.408 e. The van der Waals surface area contributed by atoms with Crippen molar-refractivity contribution in [2.24, 2.45) is 11.7 Å². The number of alkyl carbamates (subject to hydrolysis) is 1. The van der Waals surface area contributed by atoms with Gasteiger partial charge in [0.15, 0.2) is 5.92 Å². The van der Waals surface area contributed by atoms with Crippen LogP contribution >= 0.6 is 0 Å². The smallest absolute Gasteiger partial charge is 0.408 e. The maximum absolute atomic E-state index is 12.3. The van der Waals surface area contributed by atoms with Crippen molar-refractivity contribution < 1.29 is 33.4 Å². The van der Waals surface area contributed by atoms with Gasteiger partial charge in [0.05, 0.1) is 7.11 Å². The molecule has 1 rings (SSSR count). The van der Waals surface area contributed by atoms with Crippen LogP contribution in [0.25, 0.3) is 0 Å². The van der Waals surface area contributed by atoms with E-state index in [9.17, 15) is 19.2 Å². The Balaban J connectivity index is 2.62. The van der Waals surface area contributed by atoms with Crippen LogP contribution in [0.4, 0.5) is 4.79 Å². The molecule has 2 amide bonds. The first-order valence-corrected chi connectivity index (χ1v) is 8.83. The van der Waals surface area contributed by atoms with Crippen LogP contribution in [0.3, 0.4) is 0 Å². The summed E-state index contributed by atoms with van der Waals surface area (Å²) in [5.41, 5.74) is 5.78. The second-order valence-electron chi connectivity index (χ2n) is 7.04. The van der Waals surface area contributed by atoms with Crippen molar-refractivity contribution in [1.29, 1.82) is 0 Å². The van der Waals surface area contributed by atoms with Gasteiger partial charge in [0.2, 0.25) is 5.91 Å². The number of ether oxygens (including phenoxy) is 3. The highest BCUT2D eigenvalue weighted by molar-refractivity contribution is 5.96. The second kappa shape index (κ2) is 11.0.